The van der Waals surface area contributed by atoms with Gasteiger partial charge in [0.05, 0.1) is 5.57 Å². The normalized spacial score (nSPS) is 11.2. The zero-order valence-electron chi connectivity index (χ0n) is 13.8. The molecule has 0 saturated heterocycles. The Kier molecular flexibility index (Phi) is 4.73. The largest absolute Gasteiger partial charge is 0.368 e. The van der Waals surface area contributed by atoms with Crippen LogP contribution in [0.2, 0.25) is 0 Å². The number of nitrogen functional groups attached to an aromatic ring is 1. The molecule has 3 aromatic rings. The van der Waals surface area contributed by atoms with Crippen LogP contribution in [0.4, 0.5) is 11.9 Å². The highest BCUT2D eigenvalue weighted by Gasteiger charge is 2.11. The summed E-state index contributed by atoms with van der Waals surface area (Å²) in [5, 5.41) is 9.52. The van der Waals surface area contributed by atoms with Gasteiger partial charge in [-0.3, -0.25) is 0 Å². The Balaban J connectivity index is 1.97. The number of thiophene rings is 1. The van der Waals surface area contributed by atoms with Crippen molar-refractivity contribution in [1.29, 1.82) is 5.26 Å². The van der Waals surface area contributed by atoms with Gasteiger partial charge in [-0.1, -0.05) is 30.3 Å². The molecular formula is C18H16N6S. The first-order chi connectivity index (χ1) is 12.1. The molecule has 6 nitrogen and oxygen atoms in total. The first-order valence-corrected chi connectivity index (χ1v) is 8.35. The fourth-order valence-corrected chi connectivity index (χ4v) is 3.13. The summed E-state index contributed by atoms with van der Waals surface area (Å²) >= 11 is 1.60. The van der Waals surface area contributed by atoms with E-state index in [1.807, 2.05) is 30.3 Å². The SMILES string of the molecule is CN(C)c1nc(N)nc(/C(C#N)=C/c2ccc(-c3ccccc3)s2)n1. The molecule has 0 atom stereocenters. The molecule has 0 spiro atoms. The molecule has 2 heterocycles. The highest BCUT2D eigenvalue weighted by molar-refractivity contribution is 7.16. The van der Waals surface area contributed by atoms with Crippen molar-refractivity contribution in [2.24, 2.45) is 0 Å². The van der Waals surface area contributed by atoms with E-state index in [1.54, 1.807) is 36.4 Å². The molecule has 0 aliphatic heterocycles. The zero-order chi connectivity index (χ0) is 17.8. The second-order valence-electron chi connectivity index (χ2n) is 5.45. The molecule has 2 N–H and O–H groups in total. The van der Waals surface area contributed by atoms with E-state index in [1.165, 1.54) is 0 Å². The Bertz CT molecular complexity index is 953. The van der Waals surface area contributed by atoms with E-state index in [0.717, 1.165) is 15.3 Å². The van der Waals surface area contributed by atoms with Gasteiger partial charge in [0, 0.05) is 23.8 Å². The molecule has 0 aliphatic rings. The van der Waals surface area contributed by atoms with Crippen LogP contribution in [-0.4, -0.2) is 29.0 Å². The number of hydrogen-bond donors (Lipinski definition) is 1. The van der Waals surface area contributed by atoms with Gasteiger partial charge in [0.2, 0.25) is 11.9 Å². The predicted molar refractivity (Wildman–Crippen MR) is 102 cm³/mol. The lowest BCUT2D eigenvalue weighted by Crippen LogP contribution is -2.15. The van der Waals surface area contributed by atoms with Crippen molar-refractivity contribution in [2.45, 2.75) is 0 Å². The molecule has 0 saturated carbocycles. The molecule has 0 aliphatic carbocycles. The van der Waals surface area contributed by atoms with Crippen LogP contribution in [0.25, 0.3) is 22.1 Å². The lowest BCUT2D eigenvalue weighted by molar-refractivity contribution is 0.952. The summed E-state index contributed by atoms with van der Waals surface area (Å²) in [5.74, 6) is 0.777. The van der Waals surface area contributed by atoms with E-state index in [9.17, 15) is 5.26 Å². The zero-order valence-corrected chi connectivity index (χ0v) is 14.7. The van der Waals surface area contributed by atoms with Crippen LogP contribution in [0.1, 0.15) is 10.7 Å². The molecular weight excluding hydrogens is 332 g/mol. The van der Waals surface area contributed by atoms with Crippen molar-refractivity contribution in [1.82, 2.24) is 15.0 Å². The lowest BCUT2D eigenvalue weighted by atomic mass is 10.2. The van der Waals surface area contributed by atoms with E-state index < -0.39 is 0 Å². The van der Waals surface area contributed by atoms with E-state index in [0.29, 0.717) is 11.5 Å². The maximum atomic E-state index is 9.52. The second-order valence-corrected chi connectivity index (χ2v) is 6.56. The van der Waals surface area contributed by atoms with Gasteiger partial charge in [0.25, 0.3) is 0 Å². The van der Waals surface area contributed by atoms with Crippen molar-refractivity contribution < 1.29 is 0 Å². The number of allylic oxidation sites excluding steroid dienone is 1. The van der Waals surface area contributed by atoms with Gasteiger partial charge < -0.3 is 10.6 Å². The van der Waals surface area contributed by atoms with E-state index in [-0.39, 0.29) is 11.8 Å². The number of benzene rings is 1. The van der Waals surface area contributed by atoms with Crippen molar-refractivity contribution in [3.8, 4) is 16.5 Å². The van der Waals surface area contributed by atoms with Gasteiger partial charge in [0.1, 0.15) is 6.07 Å². The van der Waals surface area contributed by atoms with Crippen molar-refractivity contribution in [3.05, 3.63) is 53.2 Å². The topological polar surface area (TPSA) is 91.7 Å². The standard InChI is InChI=1S/C18H16N6S/c1-24(2)18-22-16(21-17(20)23-18)13(11-19)10-14-8-9-15(25-14)12-6-4-3-5-7-12/h3-10H,1-2H3,(H2,20,21,22,23)/b13-10+. The van der Waals surface area contributed by atoms with E-state index in [4.69, 9.17) is 5.73 Å². The van der Waals surface area contributed by atoms with Gasteiger partial charge in [0.15, 0.2) is 5.82 Å². The van der Waals surface area contributed by atoms with E-state index in [2.05, 4.69) is 33.2 Å². The van der Waals surface area contributed by atoms with Crippen LogP contribution in [-0.2, 0) is 0 Å². The smallest absolute Gasteiger partial charge is 0.230 e. The maximum absolute atomic E-state index is 9.52. The number of aromatic nitrogens is 3. The maximum Gasteiger partial charge on any atom is 0.230 e. The Morgan fingerprint density at radius 1 is 1.12 bits per heavy atom. The number of nitrogens with zero attached hydrogens (tertiary/aromatic N) is 5. The van der Waals surface area contributed by atoms with Crippen LogP contribution in [0.3, 0.4) is 0 Å². The summed E-state index contributed by atoms with van der Waals surface area (Å²) in [6, 6.07) is 16.3. The highest BCUT2D eigenvalue weighted by atomic mass is 32.1. The summed E-state index contributed by atoms with van der Waals surface area (Å²) in [6.45, 7) is 0. The molecule has 0 amide bonds. The first-order valence-electron chi connectivity index (χ1n) is 7.53. The summed E-state index contributed by atoms with van der Waals surface area (Å²) in [6.07, 6.45) is 1.77. The molecule has 25 heavy (non-hydrogen) atoms. The molecule has 124 valence electrons. The van der Waals surface area contributed by atoms with Crippen LogP contribution < -0.4 is 10.6 Å². The number of nitriles is 1. The summed E-state index contributed by atoms with van der Waals surface area (Å²) < 4.78 is 0. The third-order valence-corrected chi connectivity index (χ3v) is 4.46. The number of nitrogens with two attached hydrogens (primary N) is 1. The Morgan fingerprint density at radius 3 is 2.56 bits per heavy atom. The van der Waals surface area contributed by atoms with Crippen LogP contribution >= 0.6 is 11.3 Å². The summed E-state index contributed by atoms with van der Waals surface area (Å²) in [5.41, 5.74) is 7.23. The van der Waals surface area contributed by atoms with Gasteiger partial charge in [-0.2, -0.15) is 20.2 Å². The van der Waals surface area contributed by atoms with Gasteiger partial charge in [-0.05, 0) is 23.8 Å². The fraction of sp³-hybridized carbons (Fsp3) is 0.111. The Labute approximate surface area is 149 Å². The third kappa shape index (κ3) is 3.82. The second kappa shape index (κ2) is 7.11. The highest BCUT2D eigenvalue weighted by Crippen LogP contribution is 2.30. The molecule has 1 aromatic carbocycles. The average molecular weight is 348 g/mol. The lowest BCUT2D eigenvalue weighted by Gasteiger charge is -2.10. The average Bonchev–Trinajstić information content (AvgIpc) is 3.08. The minimum absolute atomic E-state index is 0.0889. The molecule has 0 radical (unpaired) electrons. The molecule has 2 aromatic heterocycles. The minimum atomic E-state index is 0.0889. The van der Waals surface area contributed by atoms with Crippen LogP contribution in [0.5, 0.6) is 0 Å². The van der Waals surface area contributed by atoms with Gasteiger partial charge >= 0.3 is 0 Å². The number of hydrogen-bond acceptors (Lipinski definition) is 7. The molecule has 0 unspecified atom stereocenters. The Morgan fingerprint density at radius 2 is 1.88 bits per heavy atom. The third-order valence-electron chi connectivity index (χ3n) is 3.37. The summed E-state index contributed by atoms with van der Waals surface area (Å²) in [7, 11) is 3.61. The Hall–Kier alpha value is -3.24. The number of anilines is 2. The fourth-order valence-electron chi connectivity index (χ4n) is 2.18. The summed E-state index contributed by atoms with van der Waals surface area (Å²) in [4.78, 5) is 16.2. The first kappa shape index (κ1) is 16.6. The predicted octanol–water partition coefficient (Wildman–Crippen LogP) is 3.31. The van der Waals surface area contributed by atoms with Crippen molar-refractivity contribution in [3.63, 3.8) is 0 Å². The van der Waals surface area contributed by atoms with Crippen molar-refractivity contribution >= 4 is 34.9 Å². The molecule has 7 heteroatoms. The minimum Gasteiger partial charge on any atom is -0.368 e. The van der Waals surface area contributed by atoms with Gasteiger partial charge in [-0.25, -0.2) is 0 Å². The van der Waals surface area contributed by atoms with Crippen LogP contribution in [0.15, 0.2) is 42.5 Å². The van der Waals surface area contributed by atoms with Crippen molar-refractivity contribution in [2.75, 3.05) is 24.7 Å². The molecule has 3 rings (SSSR count). The quantitative estimate of drug-likeness (QED) is 0.727. The molecule has 0 bridgehead atoms. The van der Waals surface area contributed by atoms with Gasteiger partial charge in [-0.15, -0.1) is 11.3 Å². The molecule has 0 fully saturated rings. The number of rotatable bonds is 4. The monoisotopic (exact) mass is 348 g/mol. The van der Waals surface area contributed by atoms with E-state index >= 15 is 0 Å². The van der Waals surface area contributed by atoms with Crippen LogP contribution in [0, 0.1) is 11.3 Å².